The molecule has 35 heavy (non-hydrogen) atoms. The summed E-state index contributed by atoms with van der Waals surface area (Å²) in [6.07, 6.45) is 11.6. The maximum Gasteiger partial charge on any atom is 4.00 e. The third-order valence-electron chi connectivity index (χ3n) is 5.04. The van der Waals surface area contributed by atoms with Gasteiger partial charge in [-0.25, -0.2) is 0 Å². The summed E-state index contributed by atoms with van der Waals surface area (Å²) in [4.78, 5) is 50.6. The molecular formula is C25H36N2O7Tc+. The second kappa shape index (κ2) is 31.7. The molecule has 0 aromatic carbocycles. The summed E-state index contributed by atoms with van der Waals surface area (Å²) in [6, 6.07) is 5.71. The molecule has 0 spiro atoms. The number of pyridine rings is 1. The van der Waals surface area contributed by atoms with Crippen LogP contribution >= 0.6 is 0 Å². The first kappa shape index (κ1) is 39.9. The van der Waals surface area contributed by atoms with Crippen LogP contribution in [0.4, 0.5) is 0 Å². The second-order valence-corrected chi connectivity index (χ2v) is 7.57. The number of carbonyl (C=O) groups excluding carboxylic acids is 3. The first-order valence-corrected chi connectivity index (χ1v) is 11.2. The maximum absolute atomic E-state index is 11.2. The Bertz CT molecular complexity index is 604. The molecule has 1 rings (SSSR count). The normalized spacial score (nSPS) is 10.1. The van der Waals surface area contributed by atoms with Crippen molar-refractivity contribution >= 4 is 32.3 Å². The van der Waals surface area contributed by atoms with E-state index in [4.69, 9.17) is 19.5 Å². The average Bonchev–Trinajstić information content (AvgIpc) is 2.85. The van der Waals surface area contributed by atoms with Crippen LogP contribution in [-0.4, -0.2) is 65.5 Å². The van der Waals surface area contributed by atoms with E-state index in [1.807, 2.05) is 23.1 Å². The third kappa shape index (κ3) is 27.8. The summed E-state index contributed by atoms with van der Waals surface area (Å²) >= 11 is 0. The minimum Gasteiger partial charge on any atom is -0.573 e. The van der Waals surface area contributed by atoms with Crippen LogP contribution in [0.1, 0.15) is 76.8 Å². The second-order valence-electron chi connectivity index (χ2n) is 7.57. The first-order valence-electron chi connectivity index (χ1n) is 11.2. The summed E-state index contributed by atoms with van der Waals surface area (Å²) in [7, 11) is 0. The van der Waals surface area contributed by atoms with Gasteiger partial charge in [0.2, 0.25) is 0 Å². The molecule has 0 saturated carbocycles. The Hall–Kier alpha value is -2.29. The molecule has 10 heteroatoms. The van der Waals surface area contributed by atoms with Gasteiger partial charge in [-0.3, -0.25) is 19.5 Å². The van der Waals surface area contributed by atoms with Crippen LogP contribution in [0.3, 0.4) is 0 Å². The zero-order chi connectivity index (χ0) is 26.6. The number of aliphatic carboxylic acids is 2. The average molecular weight is 575 g/mol. The first-order chi connectivity index (χ1) is 16.5. The predicted molar refractivity (Wildman–Crippen MR) is 127 cm³/mol. The van der Waals surface area contributed by atoms with E-state index >= 15 is 0 Å². The molecule has 9 nitrogen and oxygen atoms in total. The van der Waals surface area contributed by atoms with Crippen molar-refractivity contribution < 1.29 is 54.3 Å². The summed E-state index contributed by atoms with van der Waals surface area (Å²) in [6.45, 7) is 17.0. The SMILES string of the molecule is CCCCCC(CCCCCC(=O)O)CCN(CC(=O)O)Cc1ccccn1.[C-]=O.[C-]=O.[C-]=O.[Tc+4]. The van der Waals surface area contributed by atoms with Crippen LogP contribution in [0.25, 0.3) is 0 Å². The standard InChI is InChI=1S/C22H36N2O4.3CO.Tc/c1-2-3-5-10-19(11-6-4-7-13-21(25)26)14-16-24(18-22(27)28)17-20-12-8-9-15-23-20;3*1-2;/h8-9,12,15,19H,2-7,10-11,13-14,16-18H2,1H3,(H,25,26)(H,27,28);;;;/q;3*-1;+4. The molecule has 0 saturated heterocycles. The number of aromatic nitrogens is 1. The number of hydrogen-bond acceptors (Lipinski definition) is 7. The van der Waals surface area contributed by atoms with Gasteiger partial charge in [0, 0.05) is 19.2 Å². The largest absolute Gasteiger partial charge is 4.00 e. The van der Waals surface area contributed by atoms with Gasteiger partial charge in [0.15, 0.2) is 0 Å². The number of rotatable bonds is 17. The minimum absolute atomic E-state index is 0. The molecule has 1 aromatic rings. The predicted octanol–water partition coefficient (Wildman–Crippen LogP) is 3.40. The molecule has 0 aliphatic heterocycles. The van der Waals surface area contributed by atoms with Crippen LogP contribution in [0.15, 0.2) is 24.4 Å². The Labute approximate surface area is 223 Å². The van der Waals surface area contributed by atoms with Crippen molar-refractivity contribution in [3.63, 3.8) is 0 Å². The van der Waals surface area contributed by atoms with Crippen LogP contribution in [-0.2, 0) is 50.6 Å². The topological polar surface area (TPSA) is 142 Å². The van der Waals surface area contributed by atoms with Crippen LogP contribution in [0, 0.1) is 5.92 Å². The minimum atomic E-state index is -0.813. The fourth-order valence-electron chi connectivity index (χ4n) is 3.49. The van der Waals surface area contributed by atoms with E-state index in [1.165, 1.54) is 19.3 Å². The summed E-state index contributed by atoms with van der Waals surface area (Å²) < 4.78 is 0. The van der Waals surface area contributed by atoms with Gasteiger partial charge < -0.3 is 45.0 Å². The molecule has 0 fully saturated rings. The molecule has 0 aliphatic carbocycles. The quantitative estimate of drug-likeness (QED) is 0.211. The van der Waals surface area contributed by atoms with E-state index in [-0.39, 0.29) is 33.1 Å². The van der Waals surface area contributed by atoms with Crippen molar-refractivity contribution in [1.29, 1.82) is 0 Å². The maximum atomic E-state index is 11.2. The molecule has 0 amide bonds. The Morgan fingerprint density at radius 1 is 0.886 bits per heavy atom. The van der Waals surface area contributed by atoms with Gasteiger partial charge in [-0.2, -0.15) is 0 Å². The molecule has 4 radical (unpaired) electrons. The van der Waals surface area contributed by atoms with Gasteiger partial charge in [0.1, 0.15) is 0 Å². The van der Waals surface area contributed by atoms with E-state index in [1.54, 1.807) is 6.20 Å². The van der Waals surface area contributed by atoms with E-state index in [9.17, 15) is 14.7 Å². The van der Waals surface area contributed by atoms with Crippen molar-refractivity contribution in [2.45, 2.75) is 77.7 Å². The molecule has 2 N–H and O–H groups in total. The number of unbranched alkanes of at least 4 members (excludes halogenated alkanes) is 4. The molecular weight excluding hydrogens is 538 g/mol. The molecule has 0 aliphatic rings. The molecule has 1 heterocycles. The summed E-state index contributed by atoms with van der Waals surface area (Å²) in [5.41, 5.74) is 0.889. The van der Waals surface area contributed by atoms with Crippen LogP contribution in [0.5, 0.6) is 0 Å². The Morgan fingerprint density at radius 3 is 1.97 bits per heavy atom. The summed E-state index contributed by atoms with van der Waals surface area (Å²) in [5, 5.41) is 18.0. The molecule has 1 aromatic heterocycles. The van der Waals surface area contributed by atoms with Gasteiger partial charge >= 0.3 is 32.0 Å². The molecule has 0 bridgehead atoms. The van der Waals surface area contributed by atoms with E-state index in [2.05, 4.69) is 32.3 Å². The monoisotopic (exact) mass is 573 g/mol. The molecule has 1 unspecified atom stereocenters. The van der Waals surface area contributed by atoms with Crippen LogP contribution in [0.2, 0.25) is 0 Å². The number of nitrogens with zero attached hydrogens (tertiary/aromatic N) is 2. The van der Waals surface area contributed by atoms with Crippen molar-refractivity contribution in [3.8, 4) is 0 Å². The van der Waals surface area contributed by atoms with E-state index in [0.717, 1.165) is 50.8 Å². The third-order valence-corrected chi connectivity index (χ3v) is 5.04. The summed E-state index contributed by atoms with van der Waals surface area (Å²) in [5.74, 6) is -0.970. The molecule has 1 atom stereocenters. The van der Waals surface area contributed by atoms with Crippen LogP contribution < -0.4 is 0 Å². The van der Waals surface area contributed by atoms with Crippen molar-refractivity contribution in [2.75, 3.05) is 13.1 Å². The van der Waals surface area contributed by atoms with Crippen molar-refractivity contribution in [3.05, 3.63) is 30.1 Å². The number of carboxylic acids is 2. The van der Waals surface area contributed by atoms with Gasteiger partial charge in [-0.05, 0) is 37.4 Å². The van der Waals surface area contributed by atoms with Gasteiger partial charge in [-0.1, -0.05) is 57.9 Å². The molecule has 194 valence electrons. The number of carboxylic acid groups (broad SMARTS) is 2. The number of carbonyl (C=O) groups is 2. The fourth-order valence-corrected chi connectivity index (χ4v) is 3.49. The number of hydrogen-bond donors (Lipinski definition) is 2. The zero-order valence-electron chi connectivity index (χ0n) is 20.3. The van der Waals surface area contributed by atoms with E-state index < -0.39 is 11.9 Å². The fraction of sp³-hybridized carbons (Fsp3) is 0.600. The zero-order valence-corrected chi connectivity index (χ0v) is 22.1. The Balaban J connectivity index is -0.000000634. The van der Waals surface area contributed by atoms with E-state index in [0.29, 0.717) is 12.5 Å². The van der Waals surface area contributed by atoms with Crippen molar-refractivity contribution in [2.24, 2.45) is 5.92 Å². The smallest absolute Gasteiger partial charge is 0.573 e. The van der Waals surface area contributed by atoms with Gasteiger partial charge in [0.25, 0.3) is 0 Å². The Morgan fingerprint density at radius 2 is 1.49 bits per heavy atom. The van der Waals surface area contributed by atoms with Gasteiger partial charge in [-0.15, -0.1) is 0 Å². The van der Waals surface area contributed by atoms with Crippen molar-refractivity contribution in [1.82, 2.24) is 9.88 Å². The Kier molecular flexibility index (Phi) is 36.2. The van der Waals surface area contributed by atoms with Gasteiger partial charge in [0.05, 0.1) is 12.2 Å².